The Morgan fingerprint density at radius 3 is 0.973 bits per heavy atom. The fraction of sp³-hybridized carbons (Fsp3) is 0.391. The highest BCUT2D eigenvalue weighted by atomic mass is 16.5. The Kier molecular flexibility index (Phi) is 21.7. The summed E-state index contributed by atoms with van der Waals surface area (Å²) in [6.45, 7) is 8.50. The van der Waals surface area contributed by atoms with E-state index < -0.39 is 0 Å². The third kappa shape index (κ3) is 15.2. The maximum atomic E-state index is 9.60. The van der Waals surface area contributed by atoms with Gasteiger partial charge in [0.05, 0.1) is 14.2 Å². The maximum absolute atomic E-state index is 9.60. The second-order valence-electron chi connectivity index (χ2n) is 20.6. The van der Waals surface area contributed by atoms with Crippen molar-refractivity contribution in [1.82, 2.24) is 4.90 Å². The number of aromatic hydroxyl groups is 1. The monoisotopic (exact) mass is 992 g/mol. The molecule has 74 heavy (non-hydrogen) atoms. The zero-order valence-electron chi connectivity index (χ0n) is 45.9. The van der Waals surface area contributed by atoms with E-state index in [1.807, 2.05) is 12.1 Å². The average molecular weight is 992 g/mol. The molecule has 0 unspecified atom stereocenters. The van der Waals surface area contributed by atoms with E-state index in [0.717, 1.165) is 49.0 Å². The second kappa shape index (κ2) is 29.0. The van der Waals surface area contributed by atoms with Gasteiger partial charge >= 0.3 is 0 Å². The number of rotatable bonds is 18. The topological polar surface area (TPSA) is 51.2 Å². The number of allylic oxidation sites excluding steroid dienone is 3. The van der Waals surface area contributed by atoms with Crippen LogP contribution in [0.1, 0.15) is 150 Å². The maximum Gasteiger partial charge on any atom is 0.119 e. The fourth-order valence-corrected chi connectivity index (χ4v) is 11.9. The molecular weight excluding hydrogens is 907 g/mol. The number of hydrogen-bond acceptors (Lipinski definition) is 5. The van der Waals surface area contributed by atoms with Crippen molar-refractivity contribution < 1.29 is 19.3 Å². The van der Waals surface area contributed by atoms with Gasteiger partial charge in [0.25, 0.3) is 0 Å². The molecule has 3 aliphatic carbocycles. The molecule has 0 aromatic heterocycles. The lowest BCUT2D eigenvalue weighted by Crippen LogP contribution is -2.19. The highest BCUT2D eigenvalue weighted by molar-refractivity contribution is 5.84. The van der Waals surface area contributed by atoms with Crippen LogP contribution in [0.3, 0.4) is 0 Å². The summed E-state index contributed by atoms with van der Waals surface area (Å²) >= 11 is 0. The Morgan fingerprint density at radius 2 is 0.689 bits per heavy atom. The Labute approximate surface area is 446 Å². The van der Waals surface area contributed by atoms with Crippen LogP contribution in [0.4, 0.5) is 0 Å². The molecule has 6 aromatic rings. The summed E-state index contributed by atoms with van der Waals surface area (Å²) in [5, 5.41) is 9.60. The van der Waals surface area contributed by atoms with Gasteiger partial charge in [0.1, 0.15) is 29.6 Å². The molecular formula is C69H85NO4. The quantitative estimate of drug-likeness (QED) is 0.0930. The van der Waals surface area contributed by atoms with Gasteiger partial charge in [-0.3, -0.25) is 0 Å². The summed E-state index contributed by atoms with van der Waals surface area (Å²) in [7, 11) is 7.57. The highest BCUT2D eigenvalue weighted by Crippen LogP contribution is 2.43. The number of benzene rings is 6. The van der Waals surface area contributed by atoms with Gasteiger partial charge < -0.3 is 24.2 Å². The van der Waals surface area contributed by atoms with Crippen molar-refractivity contribution in [1.29, 1.82) is 0 Å². The Balaban J connectivity index is 0.000000164. The van der Waals surface area contributed by atoms with Crippen molar-refractivity contribution in [3.63, 3.8) is 0 Å². The van der Waals surface area contributed by atoms with Crippen LogP contribution >= 0.6 is 0 Å². The molecule has 0 saturated heterocycles. The molecule has 9 rings (SSSR count). The molecule has 0 aliphatic heterocycles. The summed E-state index contributed by atoms with van der Waals surface area (Å²) in [6.07, 6.45) is 19.4. The van der Waals surface area contributed by atoms with E-state index in [4.69, 9.17) is 14.2 Å². The van der Waals surface area contributed by atoms with Crippen molar-refractivity contribution in [2.45, 2.75) is 117 Å². The van der Waals surface area contributed by atoms with E-state index in [0.29, 0.717) is 24.2 Å². The van der Waals surface area contributed by atoms with Crippen LogP contribution < -0.4 is 14.2 Å². The second-order valence-corrected chi connectivity index (χ2v) is 20.6. The van der Waals surface area contributed by atoms with E-state index >= 15 is 0 Å². The summed E-state index contributed by atoms with van der Waals surface area (Å²) < 4.78 is 16.6. The van der Waals surface area contributed by atoms with Gasteiger partial charge in [0.2, 0.25) is 0 Å². The predicted molar refractivity (Wildman–Crippen MR) is 312 cm³/mol. The number of ether oxygens (including phenoxy) is 3. The molecule has 5 nitrogen and oxygen atoms in total. The van der Waals surface area contributed by atoms with E-state index in [2.05, 4.69) is 173 Å². The first-order valence-corrected chi connectivity index (χ1v) is 28.0. The van der Waals surface area contributed by atoms with Crippen molar-refractivity contribution in [2.24, 2.45) is 17.8 Å². The number of phenolic OH excluding ortho intramolecular Hbond substituents is 1. The largest absolute Gasteiger partial charge is 0.508 e. The van der Waals surface area contributed by atoms with Crippen molar-refractivity contribution >= 4 is 16.7 Å². The van der Waals surface area contributed by atoms with E-state index in [-0.39, 0.29) is 0 Å². The van der Waals surface area contributed by atoms with Crippen LogP contribution in [-0.4, -0.2) is 51.5 Å². The smallest absolute Gasteiger partial charge is 0.119 e. The van der Waals surface area contributed by atoms with Crippen LogP contribution in [0.5, 0.6) is 23.0 Å². The lowest BCUT2D eigenvalue weighted by atomic mass is 9.84. The van der Waals surface area contributed by atoms with Gasteiger partial charge in [-0.15, -0.1) is 0 Å². The molecule has 0 atom stereocenters. The summed E-state index contributed by atoms with van der Waals surface area (Å²) in [5.41, 5.74) is 16.7. The van der Waals surface area contributed by atoms with Crippen molar-refractivity contribution in [3.8, 4) is 23.0 Å². The summed E-state index contributed by atoms with van der Waals surface area (Å²) in [6, 6.07) is 54.9. The SMILES string of the molecule is CCC(=C(c1ccc(OC)cc1)c1ccc(OCCN(C)C)cc1)C1CCCC1.CCC(=C(c1ccccc1)c1ccc(O)cc1)C1CCCC1.CCC(=C(c1ccccc1)c1ccc(OC)cc1)C1CCCC1. The minimum atomic E-state index is 0.329. The summed E-state index contributed by atoms with van der Waals surface area (Å²) in [5.74, 6) is 5.25. The molecule has 0 spiro atoms. The normalized spacial score (nSPS) is 16.1. The first kappa shape index (κ1) is 55.5. The zero-order chi connectivity index (χ0) is 52.1. The first-order chi connectivity index (χ1) is 36.2. The van der Waals surface area contributed by atoms with E-state index in [1.54, 1.807) is 43.1 Å². The van der Waals surface area contributed by atoms with Gasteiger partial charge in [-0.25, -0.2) is 0 Å². The standard InChI is InChI=1S/C26H35NO2.C22H26O.C21H24O/c1-5-25(20-8-6-7-9-20)26(21-10-14-23(28-4)15-11-21)22-12-16-24(17-13-22)29-19-18-27(2)3;1-3-21(17-9-7-8-10-17)22(18-11-5-4-6-12-18)19-13-15-20(23-2)16-14-19;1-2-20(16-8-6-7-9-16)21(17-10-4-3-5-11-17)18-12-14-19(22)15-13-18/h10-17,20H,5-9,18-19H2,1-4H3;4-6,11-17H,3,7-10H2,1-2H3;3-5,10-16,22H,2,6-9H2,1H3. The van der Waals surface area contributed by atoms with Crippen LogP contribution in [0, 0.1) is 17.8 Å². The van der Waals surface area contributed by atoms with Crippen LogP contribution in [0.15, 0.2) is 174 Å². The zero-order valence-corrected chi connectivity index (χ0v) is 45.9. The van der Waals surface area contributed by atoms with Gasteiger partial charge in [-0.05, 0) is 188 Å². The average Bonchev–Trinajstić information content (AvgIpc) is 4.30. The fourth-order valence-electron chi connectivity index (χ4n) is 11.9. The molecule has 3 fully saturated rings. The lowest BCUT2D eigenvalue weighted by Gasteiger charge is -2.21. The molecule has 5 heteroatoms. The minimum absolute atomic E-state index is 0.329. The van der Waals surface area contributed by atoms with Crippen molar-refractivity contribution in [3.05, 3.63) is 208 Å². The molecule has 1 N–H and O–H groups in total. The number of likely N-dealkylation sites (N-methyl/N-ethyl adjacent to an activating group) is 1. The van der Waals surface area contributed by atoms with Crippen LogP contribution in [0.25, 0.3) is 16.7 Å². The van der Waals surface area contributed by atoms with Gasteiger partial charge in [-0.2, -0.15) is 0 Å². The van der Waals surface area contributed by atoms with Crippen LogP contribution in [0.2, 0.25) is 0 Å². The molecule has 0 amide bonds. The minimum Gasteiger partial charge on any atom is -0.508 e. The number of hydrogen-bond donors (Lipinski definition) is 1. The molecule has 390 valence electrons. The molecule has 0 radical (unpaired) electrons. The van der Waals surface area contributed by atoms with Gasteiger partial charge in [0.15, 0.2) is 0 Å². The third-order valence-electron chi connectivity index (χ3n) is 15.6. The lowest BCUT2D eigenvalue weighted by molar-refractivity contribution is 0.261. The van der Waals surface area contributed by atoms with Gasteiger partial charge in [0, 0.05) is 6.54 Å². The number of nitrogens with zero attached hydrogens (tertiary/aromatic N) is 1. The third-order valence-corrected chi connectivity index (χ3v) is 15.6. The predicted octanol–water partition coefficient (Wildman–Crippen LogP) is 17.9. The molecule has 0 heterocycles. The highest BCUT2D eigenvalue weighted by Gasteiger charge is 2.25. The Hall–Kier alpha value is -6.30. The molecule has 3 aliphatic rings. The number of phenols is 1. The van der Waals surface area contributed by atoms with E-state index in [9.17, 15) is 5.11 Å². The Morgan fingerprint density at radius 1 is 0.405 bits per heavy atom. The first-order valence-electron chi connectivity index (χ1n) is 28.0. The molecule has 3 saturated carbocycles. The summed E-state index contributed by atoms with van der Waals surface area (Å²) in [4.78, 5) is 2.13. The number of methoxy groups -OCH3 is 2. The van der Waals surface area contributed by atoms with Gasteiger partial charge in [-0.1, -0.05) is 185 Å². The van der Waals surface area contributed by atoms with Crippen LogP contribution in [-0.2, 0) is 0 Å². The van der Waals surface area contributed by atoms with E-state index in [1.165, 1.54) is 127 Å². The molecule has 6 aromatic carbocycles. The molecule has 0 bridgehead atoms. The van der Waals surface area contributed by atoms with Crippen molar-refractivity contribution in [2.75, 3.05) is 41.5 Å². The Bertz CT molecular complexity index is 2660.